The average molecular weight is 737 g/mol. The summed E-state index contributed by atoms with van der Waals surface area (Å²) in [5, 5.41) is 5.89. The van der Waals surface area contributed by atoms with Gasteiger partial charge in [0.15, 0.2) is 0 Å². The van der Waals surface area contributed by atoms with Crippen LogP contribution < -0.4 is 10.6 Å². The van der Waals surface area contributed by atoms with Gasteiger partial charge in [-0.3, -0.25) is 4.79 Å². The van der Waals surface area contributed by atoms with Gasteiger partial charge in [-0.1, -0.05) is 114 Å². The molecule has 6 nitrogen and oxygen atoms in total. The van der Waals surface area contributed by atoms with Crippen molar-refractivity contribution in [2.45, 2.75) is 130 Å². The van der Waals surface area contributed by atoms with Gasteiger partial charge in [-0.15, -0.1) is 0 Å². The van der Waals surface area contributed by atoms with E-state index in [1.54, 1.807) is 5.57 Å². The summed E-state index contributed by atoms with van der Waals surface area (Å²) in [6, 6.07) is 16.7. The third kappa shape index (κ3) is 8.06. The standard InChI is InChI=1S/C48H68N2O4/c1-32(2)12-10-13-33(3)42-20-21-43-40-19-18-34-30-35(22-25-47(34,4)44(40)23-26-48(42,43)5)53-28-11-27-49-45(51)24-29-54-46(52)50-31-41-38-16-8-6-14-36(38)37-15-7-9-17-39(37)41/h6-9,14-18,32-33,35,40-44H,10-13,19-31H2,1-5H3,(H,49,51)(H,50,52)/t33-,35+,40?,42-,43?,44?,47+,48-/m1/s1. The highest BCUT2D eigenvalue weighted by atomic mass is 16.5. The number of nitrogens with one attached hydrogen (secondary N) is 2. The van der Waals surface area contributed by atoms with Crippen LogP contribution in [0.5, 0.6) is 0 Å². The minimum atomic E-state index is -0.489. The Kier molecular flexibility index (Phi) is 12.3. The number of allylic oxidation sites excluding steroid dienone is 1. The molecule has 0 saturated heterocycles. The van der Waals surface area contributed by atoms with Crippen molar-refractivity contribution in [2.24, 2.45) is 46.3 Å². The Bertz CT molecular complexity index is 1600. The molecule has 2 aromatic carbocycles. The zero-order valence-corrected chi connectivity index (χ0v) is 34.0. The van der Waals surface area contributed by atoms with Gasteiger partial charge >= 0.3 is 6.09 Å². The first-order chi connectivity index (χ1) is 26.1. The van der Waals surface area contributed by atoms with Crippen LogP contribution in [0.1, 0.15) is 135 Å². The van der Waals surface area contributed by atoms with Crippen molar-refractivity contribution in [3.63, 3.8) is 0 Å². The summed E-state index contributed by atoms with van der Waals surface area (Å²) in [6.45, 7) is 14.4. The minimum Gasteiger partial charge on any atom is -0.449 e. The van der Waals surface area contributed by atoms with Crippen molar-refractivity contribution in [1.29, 1.82) is 0 Å². The molecule has 3 fully saturated rings. The van der Waals surface area contributed by atoms with Crippen LogP contribution in [0.4, 0.5) is 4.79 Å². The topological polar surface area (TPSA) is 76.7 Å². The zero-order valence-electron chi connectivity index (χ0n) is 34.0. The molecule has 294 valence electrons. The summed E-state index contributed by atoms with van der Waals surface area (Å²) in [4.78, 5) is 25.0. The number of amides is 2. The Hall–Kier alpha value is -3.12. The van der Waals surface area contributed by atoms with E-state index >= 15 is 0 Å². The molecular formula is C48H68N2O4. The van der Waals surface area contributed by atoms with Crippen LogP contribution in [0.25, 0.3) is 11.1 Å². The second-order valence-corrected chi connectivity index (χ2v) is 18.7. The Morgan fingerprint density at radius 1 is 0.833 bits per heavy atom. The Morgan fingerprint density at radius 3 is 2.31 bits per heavy atom. The molecule has 5 aliphatic rings. The average Bonchev–Trinajstić information content (AvgIpc) is 3.68. The second kappa shape index (κ2) is 16.9. The van der Waals surface area contributed by atoms with E-state index in [1.165, 1.54) is 80.0 Å². The number of ether oxygens (including phenoxy) is 2. The predicted octanol–water partition coefficient (Wildman–Crippen LogP) is 10.8. The number of fused-ring (bicyclic) bond motifs is 8. The van der Waals surface area contributed by atoms with Crippen molar-refractivity contribution < 1.29 is 19.1 Å². The Labute approximate surface area is 326 Å². The van der Waals surface area contributed by atoms with Crippen molar-refractivity contribution in [2.75, 3.05) is 26.3 Å². The lowest BCUT2D eigenvalue weighted by atomic mass is 9.47. The monoisotopic (exact) mass is 737 g/mol. The molecule has 3 unspecified atom stereocenters. The lowest BCUT2D eigenvalue weighted by Crippen LogP contribution is -2.51. The molecule has 0 radical (unpaired) electrons. The van der Waals surface area contributed by atoms with Gasteiger partial charge in [0, 0.05) is 25.6 Å². The van der Waals surface area contributed by atoms with E-state index in [0.717, 1.165) is 54.8 Å². The summed E-state index contributed by atoms with van der Waals surface area (Å²) in [7, 11) is 0. The SMILES string of the molecule is CC(C)CCC[C@@H](C)[C@H]1CCC2C3CC=C4C[C@@H](OCCCNC(=O)CCOC(=O)NCC5c6ccccc6-c6ccccc65)CC[C@]4(C)C3CC[C@@]21C. The number of hydrogen-bond donors (Lipinski definition) is 2. The minimum absolute atomic E-state index is 0.0575. The Balaban J connectivity index is 0.786. The lowest BCUT2D eigenvalue weighted by Gasteiger charge is -2.58. The summed E-state index contributed by atoms with van der Waals surface area (Å²) in [5.41, 5.74) is 7.43. The molecule has 6 heteroatoms. The fourth-order valence-electron chi connectivity index (χ4n) is 12.4. The number of benzene rings is 2. The molecular weight excluding hydrogens is 669 g/mol. The number of carbonyl (C=O) groups excluding carboxylic acids is 2. The van der Waals surface area contributed by atoms with Crippen molar-refractivity contribution in [3.05, 3.63) is 71.3 Å². The maximum Gasteiger partial charge on any atom is 0.407 e. The van der Waals surface area contributed by atoms with Crippen molar-refractivity contribution >= 4 is 12.0 Å². The van der Waals surface area contributed by atoms with Gasteiger partial charge in [0.05, 0.1) is 12.5 Å². The fraction of sp³-hybridized carbons (Fsp3) is 0.667. The number of carbonyl (C=O) groups is 2. The molecule has 3 saturated carbocycles. The molecule has 2 aromatic rings. The van der Waals surface area contributed by atoms with E-state index in [1.807, 2.05) is 12.1 Å². The molecule has 5 aliphatic carbocycles. The molecule has 8 atom stereocenters. The molecule has 0 bridgehead atoms. The highest BCUT2D eigenvalue weighted by Gasteiger charge is 2.59. The zero-order chi connectivity index (χ0) is 37.9. The highest BCUT2D eigenvalue weighted by molar-refractivity contribution is 5.79. The van der Waals surface area contributed by atoms with E-state index < -0.39 is 6.09 Å². The van der Waals surface area contributed by atoms with Crippen LogP contribution in [0.15, 0.2) is 60.2 Å². The third-order valence-electron chi connectivity index (χ3n) is 15.2. The molecule has 0 aliphatic heterocycles. The number of hydrogen-bond acceptors (Lipinski definition) is 4. The summed E-state index contributed by atoms with van der Waals surface area (Å²) < 4.78 is 11.8. The first kappa shape index (κ1) is 39.1. The van der Waals surface area contributed by atoms with Gasteiger partial charge in [0.1, 0.15) is 6.61 Å². The molecule has 2 N–H and O–H groups in total. The third-order valence-corrected chi connectivity index (χ3v) is 15.2. The van der Waals surface area contributed by atoms with Crippen LogP contribution in [-0.2, 0) is 14.3 Å². The first-order valence-electron chi connectivity index (χ1n) is 21.7. The van der Waals surface area contributed by atoms with E-state index in [9.17, 15) is 9.59 Å². The van der Waals surface area contributed by atoms with E-state index in [0.29, 0.717) is 30.5 Å². The summed E-state index contributed by atoms with van der Waals surface area (Å²) in [5.74, 6) is 5.17. The molecule has 0 spiro atoms. The van der Waals surface area contributed by atoms with E-state index in [4.69, 9.17) is 9.47 Å². The van der Waals surface area contributed by atoms with Crippen LogP contribution in [-0.4, -0.2) is 44.4 Å². The summed E-state index contributed by atoms with van der Waals surface area (Å²) >= 11 is 0. The molecule has 7 rings (SSSR count). The number of alkyl carbamates (subject to hydrolysis) is 1. The number of rotatable bonds is 15. The molecule has 2 amide bonds. The van der Waals surface area contributed by atoms with Gasteiger partial charge in [0.25, 0.3) is 0 Å². The smallest absolute Gasteiger partial charge is 0.407 e. The quantitative estimate of drug-likeness (QED) is 0.141. The Morgan fingerprint density at radius 2 is 1.57 bits per heavy atom. The lowest BCUT2D eigenvalue weighted by molar-refractivity contribution is -0.121. The van der Waals surface area contributed by atoms with Crippen LogP contribution in [0.3, 0.4) is 0 Å². The fourth-order valence-corrected chi connectivity index (χ4v) is 12.4. The van der Waals surface area contributed by atoms with E-state index in [2.05, 4.69) is 87.7 Å². The van der Waals surface area contributed by atoms with Gasteiger partial charge in [0.2, 0.25) is 5.91 Å². The molecule has 54 heavy (non-hydrogen) atoms. The largest absolute Gasteiger partial charge is 0.449 e. The van der Waals surface area contributed by atoms with Crippen molar-refractivity contribution in [1.82, 2.24) is 10.6 Å². The maximum atomic E-state index is 12.5. The highest BCUT2D eigenvalue weighted by Crippen LogP contribution is 2.67. The van der Waals surface area contributed by atoms with Crippen molar-refractivity contribution in [3.8, 4) is 11.1 Å². The van der Waals surface area contributed by atoms with Crippen LogP contribution in [0, 0.1) is 46.3 Å². The van der Waals surface area contributed by atoms with E-state index in [-0.39, 0.29) is 31.0 Å². The summed E-state index contributed by atoms with van der Waals surface area (Å²) in [6.07, 6.45) is 18.1. The van der Waals surface area contributed by atoms with Gasteiger partial charge in [-0.2, -0.15) is 0 Å². The normalized spacial score (nSPS) is 30.3. The molecule has 0 heterocycles. The van der Waals surface area contributed by atoms with Gasteiger partial charge < -0.3 is 20.1 Å². The second-order valence-electron chi connectivity index (χ2n) is 18.7. The first-order valence-corrected chi connectivity index (χ1v) is 21.7. The van der Waals surface area contributed by atoms with Gasteiger partial charge in [-0.25, -0.2) is 4.79 Å². The predicted molar refractivity (Wildman–Crippen MR) is 218 cm³/mol. The van der Waals surface area contributed by atoms with Crippen LogP contribution >= 0.6 is 0 Å². The maximum absolute atomic E-state index is 12.5. The van der Waals surface area contributed by atoms with Gasteiger partial charge in [-0.05, 0) is 126 Å². The molecule has 0 aromatic heterocycles. The van der Waals surface area contributed by atoms with Crippen LogP contribution in [0.2, 0.25) is 0 Å².